The molecule has 0 aromatic heterocycles. The van der Waals surface area contributed by atoms with Gasteiger partial charge in [-0.25, -0.2) is 5.84 Å². The third-order valence-corrected chi connectivity index (χ3v) is 2.58. The second-order valence-electron chi connectivity index (χ2n) is 2.20. The van der Waals surface area contributed by atoms with Crippen molar-refractivity contribution in [1.82, 2.24) is 5.43 Å². The average molecular weight is 198 g/mol. The Morgan fingerprint density at radius 1 is 1.42 bits per heavy atom. The van der Waals surface area contributed by atoms with Gasteiger partial charge in [0.05, 0.1) is 0 Å². The fraction of sp³-hybridized carbons (Fsp3) is 0.125. The van der Waals surface area contributed by atoms with Gasteiger partial charge in [0.15, 0.2) is 0 Å². The number of hydrogen-bond donors (Lipinski definition) is 2. The lowest BCUT2D eigenvalue weighted by Gasteiger charge is -2.02. The molecule has 1 aromatic carbocycles. The zero-order valence-electron chi connectivity index (χ0n) is 6.70. The highest BCUT2D eigenvalue weighted by molar-refractivity contribution is 7.98. The summed E-state index contributed by atoms with van der Waals surface area (Å²) in [4.78, 5) is 1.79. The molecule has 0 aliphatic rings. The molecule has 64 valence electrons. The van der Waals surface area contributed by atoms with E-state index in [1.54, 1.807) is 11.8 Å². The van der Waals surface area contributed by atoms with Crippen LogP contribution in [0.5, 0.6) is 0 Å². The second kappa shape index (κ2) is 4.45. The largest absolute Gasteiger partial charge is 0.314 e. The maximum atomic E-state index is 5.18. The van der Waals surface area contributed by atoms with E-state index in [9.17, 15) is 0 Å². The molecule has 3 N–H and O–H groups in total. The fourth-order valence-electron chi connectivity index (χ4n) is 0.826. The second-order valence-corrected chi connectivity index (χ2v) is 3.49. The van der Waals surface area contributed by atoms with Crippen molar-refractivity contribution >= 4 is 29.0 Å². The number of hydrogen-bond acceptors (Lipinski definition) is 3. The van der Waals surface area contributed by atoms with Crippen LogP contribution < -0.4 is 11.3 Å². The number of thiocarbonyl (C=S) groups is 1. The summed E-state index contributed by atoms with van der Waals surface area (Å²) in [6, 6.07) is 7.94. The first-order valence-corrected chi connectivity index (χ1v) is 5.06. The van der Waals surface area contributed by atoms with Gasteiger partial charge in [0, 0.05) is 10.5 Å². The van der Waals surface area contributed by atoms with Gasteiger partial charge in [-0.2, -0.15) is 0 Å². The van der Waals surface area contributed by atoms with Crippen molar-refractivity contribution in [2.75, 3.05) is 6.26 Å². The van der Waals surface area contributed by atoms with Crippen molar-refractivity contribution in [3.8, 4) is 0 Å². The molecule has 0 aliphatic heterocycles. The molecule has 0 fully saturated rings. The topological polar surface area (TPSA) is 38.0 Å². The lowest BCUT2D eigenvalue weighted by Crippen LogP contribution is -2.28. The number of hydrazine groups is 1. The molecule has 0 heterocycles. The summed E-state index contributed by atoms with van der Waals surface area (Å²) in [6.45, 7) is 0. The van der Waals surface area contributed by atoms with Crippen LogP contribution in [0.4, 0.5) is 0 Å². The molecule has 4 heteroatoms. The summed E-state index contributed by atoms with van der Waals surface area (Å²) in [6.07, 6.45) is 2.04. The van der Waals surface area contributed by atoms with Crippen LogP contribution in [0.1, 0.15) is 5.56 Å². The van der Waals surface area contributed by atoms with E-state index in [1.807, 2.05) is 30.5 Å². The standard InChI is InChI=1S/C8H10N2S2/c1-12-7-4-2-6(3-5-7)8(11)10-9/h2-5H,9H2,1H3,(H,10,11). The van der Waals surface area contributed by atoms with Gasteiger partial charge in [-0.05, 0) is 18.4 Å². The number of nitrogens with one attached hydrogen (secondary N) is 1. The molecule has 0 unspecified atom stereocenters. The van der Waals surface area contributed by atoms with E-state index in [0.29, 0.717) is 4.99 Å². The lowest BCUT2D eigenvalue weighted by atomic mass is 10.2. The molecule has 0 saturated carbocycles. The molecule has 0 saturated heterocycles. The van der Waals surface area contributed by atoms with Gasteiger partial charge < -0.3 is 5.43 Å². The zero-order valence-corrected chi connectivity index (χ0v) is 8.34. The highest BCUT2D eigenvalue weighted by atomic mass is 32.2. The van der Waals surface area contributed by atoms with Crippen molar-refractivity contribution in [2.45, 2.75) is 4.90 Å². The van der Waals surface area contributed by atoms with E-state index in [1.165, 1.54) is 4.90 Å². The Hall–Kier alpha value is -0.580. The van der Waals surface area contributed by atoms with Crippen LogP contribution in [0.15, 0.2) is 29.2 Å². The first-order valence-electron chi connectivity index (χ1n) is 3.43. The minimum atomic E-state index is 0.572. The van der Waals surface area contributed by atoms with Crippen molar-refractivity contribution < 1.29 is 0 Å². The van der Waals surface area contributed by atoms with Crippen LogP contribution in [0.25, 0.3) is 0 Å². The quantitative estimate of drug-likeness (QED) is 0.327. The Bertz CT molecular complexity index is 269. The molecular weight excluding hydrogens is 188 g/mol. The summed E-state index contributed by atoms with van der Waals surface area (Å²) < 4.78 is 0. The van der Waals surface area contributed by atoms with Crippen LogP contribution in [-0.2, 0) is 0 Å². The summed E-state index contributed by atoms with van der Waals surface area (Å²) in [5.41, 5.74) is 3.39. The van der Waals surface area contributed by atoms with Gasteiger partial charge >= 0.3 is 0 Å². The molecule has 0 atom stereocenters. The molecule has 0 radical (unpaired) electrons. The predicted octanol–water partition coefficient (Wildman–Crippen LogP) is 1.55. The molecule has 0 aliphatic carbocycles. The molecule has 0 amide bonds. The summed E-state index contributed by atoms with van der Waals surface area (Å²) in [7, 11) is 0. The number of thioether (sulfide) groups is 1. The first kappa shape index (κ1) is 9.51. The summed E-state index contributed by atoms with van der Waals surface area (Å²) >= 11 is 6.66. The van der Waals surface area contributed by atoms with E-state index in [-0.39, 0.29) is 0 Å². The van der Waals surface area contributed by atoms with Crippen LogP contribution in [0.3, 0.4) is 0 Å². The third-order valence-electron chi connectivity index (χ3n) is 1.48. The summed E-state index contributed by atoms with van der Waals surface area (Å²) in [5.74, 6) is 5.18. The van der Waals surface area contributed by atoms with Gasteiger partial charge in [0.25, 0.3) is 0 Å². The van der Waals surface area contributed by atoms with E-state index in [2.05, 4.69) is 5.43 Å². The van der Waals surface area contributed by atoms with Gasteiger partial charge in [0.1, 0.15) is 4.99 Å². The van der Waals surface area contributed by atoms with E-state index in [0.717, 1.165) is 5.56 Å². The van der Waals surface area contributed by atoms with Crippen molar-refractivity contribution in [3.63, 3.8) is 0 Å². The van der Waals surface area contributed by atoms with Crippen molar-refractivity contribution in [1.29, 1.82) is 0 Å². The Morgan fingerprint density at radius 3 is 2.42 bits per heavy atom. The Balaban J connectivity index is 2.84. The lowest BCUT2D eigenvalue weighted by molar-refractivity contribution is 1.05. The molecule has 0 bridgehead atoms. The smallest absolute Gasteiger partial charge is 0.120 e. The van der Waals surface area contributed by atoms with E-state index < -0.39 is 0 Å². The monoisotopic (exact) mass is 198 g/mol. The zero-order chi connectivity index (χ0) is 8.97. The minimum absolute atomic E-state index is 0.572. The normalized spacial score (nSPS) is 9.50. The Morgan fingerprint density at radius 2 is 2.00 bits per heavy atom. The molecule has 0 spiro atoms. The molecule has 1 aromatic rings. The predicted molar refractivity (Wildman–Crippen MR) is 57.2 cm³/mol. The molecule has 12 heavy (non-hydrogen) atoms. The van der Waals surface area contributed by atoms with Crippen LogP contribution >= 0.6 is 24.0 Å². The highest BCUT2D eigenvalue weighted by Crippen LogP contribution is 2.14. The molecule has 2 nitrogen and oxygen atoms in total. The Labute approximate surface area is 81.5 Å². The van der Waals surface area contributed by atoms with E-state index in [4.69, 9.17) is 18.1 Å². The van der Waals surface area contributed by atoms with Crippen LogP contribution in [0, 0.1) is 0 Å². The van der Waals surface area contributed by atoms with Gasteiger partial charge in [-0.15, -0.1) is 11.8 Å². The number of nitrogens with two attached hydrogens (primary N) is 1. The van der Waals surface area contributed by atoms with Crippen LogP contribution in [-0.4, -0.2) is 11.2 Å². The maximum absolute atomic E-state index is 5.18. The third kappa shape index (κ3) is 2.20. The van der Waals surface area contributed by atoms with Gasteiger partial charge in [0.2, 0.25) is 0 Å². The van der Waals surface area contributed by atoms with E-state index >= 15 is 0 Å². The fourth-order valence-corrected chi connectivity index (χ4v) is 1.37. The average Bonchev–Trinajstić information content (AvgIpc) is 2.17. The van der Waals surface area contributed by atoms with Gasteiger partial charge in [-0.3, -0.25) is 0 Å². The number of benzene rings is 1. The summed E-state index contributed by atoms with van der Waals surface area (Å²) in [5, 5.41) is 0. The number of rotatable bonds is 2. The Kier molecular flexibility index (Phi) is 3.52. The first-order chi connectivity index (χ1) is 5.77. The van der Waals surface area contributed by atoms with Crippen LogP contribution in [0.2, 0.25) is 0 Å². The highest BCUT2D eigenvalue weighted by Gasteiger charge is 1.97. The molecular formula is C8H10N2S2. The van der Waals surface area contributed by atoms with Gasteiger partial charge in [-0.1, -0.05) is 24.4 Å². The molecule has 1 rings (SSSR count). The van der Waals surface area contributed by atoms with Crippen molar-refractivity contribution in [3.05, 3.63) is 29.8 Å². The minimum Gasteiger partial charge on any atom is -0.314 e. The van der Waals surface area contributed by atoms with Crippen molar-refractivity contribution in [2.24, 2.45) is 5.84 Å². The SMILES string of the molecule is CSc1ccc(C(=S)NN)cc1. The maximum Gasteiger partial charge on any atom is 0.120 e.